The molecule has 1 amide bonds. The van der Waals surface area contributed by atoms with Gasteiger partial charge in [-0.15, -0.1) is 0 Å². The Morgan fingerprint density at radius 1 is 1.67 bits per heavy atom. The van der Waals surface area contributed by atoms with E-state index in [9.17, 15) is 4.79 Å². The number of furan rings is 1. The van der Waals surface area contributed by atoms with Gasteiger partial charge in [-0.05, 0) is 25.1 Å². The average molecular weight is 208 g/mol. The maximum atomic E-state index is 11.8. The molecule has 1 N–H and O–H groups in total. The second-order valence-electron chi connectivity index (χ2n) is 3.74. The van der Waals surface area contributed by atoms with Crippen molar-refractivity contribution in [1.82, 2.24) is 10.2 Å². The molecule has 0 spiro atoms. The van der Waals surface area contributed by atoms with E-state index < -0.39 is 0 Å². The highest BCUT2D eigenvalue weighted by Gasteiger charge is 2.30. The molecule has 0 aliphatic carbocycles. The summed E-state index contributed by atoms with van der Waals surface area (Å²) in [5, 5.41) is 3.18. The van der Waals surface area contributed by atoms with Gasteiger partial charge in [-0.3, -0.25) is 4.79 Å². The minimum absolute atomic E-state index is 0.00459. The van der Waals surface area contributed by atoms with Gasteiger partial charge in [0, 0.05) is 6.54 Å². The molecule has 4 heteroatoms. The Morgan fingerprint density at radius 2 is 2.53 bits per heavy atom. The molecule has 1 saturated heterocycles. The summed E-state index contributed by atoms with van der Waals surface area (Å²) in [5.74, 6) is 1.04. The summed E-state index contributed by atoms with van der Waals surface area (Å²) in [4.78, 5) is 13.7. The minimum atomic E-state index is 0.00459. The first-order chi connectivity index (χ1) is 7.31. The Kier molecular flexibility index (Phi) is 3.06. The van der Waals surface area contributed by atoms with E-state index in [1.54, 1.807) is 6.26 Å². The van der Waals surface area contributed by atoms with Gasteiger partial charge >= 0.3 is 0 Å². The number of rotatable bonds is 4. The van der Waals surface area contributed by atoms with Crippen molar-refractivity contribution in [3.8, 4) is 0 Å². The van der Waals surface area contributed by atoms with Gasteiger partial charge in [0.2, 0.25) is 5.91 Å². The van der Waals surface area contributed by atoms with Gasteiger partial charge in [0.15, 0.2) is 0 Å². The molecule has 0 bridgehead atoms. The molecule has 82 valence electrons. The number of hydrogen-bond acceptors (Lipinski definition) is 3. The molecule has 2 heterocycles. The SMILES string of the molecule is CCNC1CCN(Cc2ccco2)C1=O. The van der Waals surface area contributed by atoms with Crippen molar-refractivity contribution < 1.29 is 9.21 Å². The molecule has 1 unspecified atom stereocenters. The van der Waals surface area contributed by atoms with Crippen LogP contribution >= 0.6 is 0 Å². The quantitative estimate of drug-likeness (QED) is 0.802. The number of hydrogen-bond donors (Lipinski definition) is 1. The lowest BCUT2D eigenvalue weighted by atomic mass is 10.2. The molecule has 4 nitrogen and oxygen atoms in total. The summed E-state index contributed by atoms with van der Waals surface area (Å²) in [5.41, 5.74) is 0. The summed E-state index contributed by atoms with van der Waals surface area (Å²) < 4.78 is 5.22. The number of nitrogens with one attached hydrogen (secondary N) is 1. The second-order valence-corrected chi connectivity index (χ2v) is 3.74. The van der Waals surface area contributed by atoms with Crippen molar-refractivity contribution in [2.24, 2.45) is 0 Å². The Hall–Kier alpha value is -1.29. The van der Waals surface area contributed by atoms with E-state index in [0.29, 0.717) is 6.54 Å². The molecule has 1 fully saturated rings. The van der Waals surface area contributed by atoms with Gasteiger partial charge in [0.1, 0.15) is 5.76 Å². The smallest absolute Gasteiger partial charge is 0.240 e. The van der Waals surface area contributed by atoms with Gasteiger partial charge < -0.3 is 14.6 Å². The molecule has 1 atom stereocenters. The normalized spacial score (nSPS) is 21.3. The average Bonchev–Trinajstić information content (AvgIpc) is 2.83. The Morgan fingerprint density at radius 3 is 3.20 bits per heavy atom. The fraction of sp³-hybridized carbons (Fsp3) is 0.545. The molecule has 15 heavy (non-hydrogen) atoms. The predicted molar refractivity (Wildman–Crippen MR) is 56.2 cm³/mol. The third-order valence-electron chi connectivity index (χ3n) is 2.67. The van der Waals surface area contributed by atoms with E-state index in [0.717, 1.165) is 25.3 Å². The van der Waals surface area contributed by atoms with E-state index in [1.807, 2.05) is 24.0 Å². The van der Waals surface area contributed by atoms with Gasteiger partial charge in [-0.2, -0.15) is 0 Å². The number of nitrogens with zero attached hydrogens (tertiary/aromatic N) is 1. The monoisotopic (exact) mass is 208 g/mol. The largest absolute Gasteiger partial charge is 0.467 e. The van der Waals surface area contributed by atoms with E-state index >= 15 is 0 Å². The van der Waals surface area contributed by atoms with Crippen LogP contribution in [0.4, 0.5) is 0 Å². The van der Waals surface area contributed by atoms with Crippen LogP contribution in [0.15, 0.2) is 22.8 Å². The standard InChI is InChI=1S/C11H16N2O2/c1-2-12-10-5-6-13(11(10)14)8-9-4-3-7-15-9/h3-4,7,10,12H,2,5-6,8H2,1H3. The Labute approximate surface area is 89.2 Å². The van der Waals surface area contributed by atoms with E-state index in [-0.39, 0.29) is 11.9 Å². The molecule has 2 rings (SSSR count). The lowest BCUT2D eigenvalue weighted by Crippen LogP contribution is -2.37. The van der Waals surface area contributed by atoms with Gasteiger partial charge in [0.25, 0.3) is 0 Å². The fourth-order valence-corrected chi connectivity index (χ4v) is 1.92. The van der Waals surface area contributed by atoms with Crippen LogP contribution in [0.25, 0.3) is 0 Å². The van der Waals surface area contributed by atoms with Gasteiger partial charge in [-0.1, -0.05) is 6.92 Å². The van der Waals surface area contributed by atoms with Crippen molar-refractivity contribution in [1.29, 1.82) is 0 Å². The molecule has 0 saturated carbocycles. The van der Waals surface area contributed by atoms with E-state index in [1.165, 1.54) is 0 Å². The minimum Gasteiger partial charge on any atom is -0.467 e. The number of likely N-dealkylation sites (tertiary alicyclic amines) is 1. The second kappa shape index (κ2) is 4.49. The summed E-state index contributed by atoms with van der Waals surface area (Å²) in [6, 6.07) is 3.75. The number of likely N-dealkylation sites (N-methyl/N-ethyl adjacent to an activating group) is 1. The Balaban J connectivity index is 1.93. The van der Waals surface area contributed by atoms with Crippen LogP contribution in [0, 0.1) is 0 Å². The van der Waals surface area contributed by atoms with Crippen LogP contribution in [0.3, 0.4) is 0 Å². The molecule has 1 aromatic heterocycles. The molecule has 1 aliphatic rings. The van der Waals surface area contributed by atoms with Gasteiger partial charge in [0.05, 0.1) is 18.8 Å². The molecule has 1 aromatic rings. The highest BCUT2D eigenvalue weighted by atomic mass is 16.3. The van der Waals surface area contributed by atoms with Crippen LogP contribution in [0.5, 0.6) is 0 Å². The van der Waals surface area contributed by atoms with Gasteiger partial charge in [-0.25, -0.2) is 0 Å². The lowest BCUT2D eigenvalue weighted by molar-refractivity contribution is -0.130. The topological polar surface area (TPSA) is 45.5 Å². The van der Waals surface area contributed by atoms with Crippen molar-refractivity contribution >= 4 is 5.91 Å². The maximum absolute atomic E-state index is 11.8. The third-order valence-corrected chi connectivity index (χ3v) is 2.67. The zero-order valence-corrected chi connectivity index (χ0v) is 8.90. The van der Waals surface area contributed by atoms with Crippen LogP contribution in [0.2, 0.25) is 0 Å². The summed E-state index contributed by atoms with van der Waals surface area (Å²) in [7, 11) is 0. The fourth-order valence-electron chi connectivity index (χ4n) is 1.92. The van der Waals surface area contributed by atoms with Crippen molar-refractivity contribution in [2.45, 2.75) is 25.9 Å². The molecule has 1 aliphatic heterocycles. The lowest BCUT2D eigenvalue weighted by Gasteiger charge is -2.15. The summed E-state index contributed by atoms with van der Waals surface area (Å²) >= 11 is 0. The van der Waals surface area contributed by atoms with E-state index in [4.69, 9.17) is 4.42 Å². The summed E-state index contributed by atoms with van der Waals surface area (Å²) in [6.45, 7) is 4.26. The summed E-state index contributed by atoms with van der Waals surface area (Å²) in [6.07, 6.45) is 2.53. The number of carbonyl (C=O) groups excluding carboxylic acids is 1. The first-order valence-corrected chi connectivity index (χ1v) is 5.36. The van der Waals surface area contributed by atoms with Crippen molar-refractivity contribution in [3.63, 3.8) is 0 Å². The van der Waals surface area contributed by atoms with Crippen LogP contribution in [-0.2, 0) is 11.3 Å². The van der Waals surface area contributed by atoms with E-state index in [2.05, 4.69) is 5.32 Å². The highest BCUT2D eigenvalue weighted by molar-refractivity contribution is 5.83. The van der Waals surface area contributed by atoms with Crippen molar-refractivity contribution in [3.05, 3.63) is 24.2 Å². The molecule has 0 aromatic carbocycles. The zero-order chi connectivity index (χ0) is 10.7. The zero-order valence-electron chi connectivity index (χ0n) is 8.90. The number of amides is 1. The van der Waals surface area contributed by atoms with Crippen molar-refractivity contribution in [2.75, 3.05) is 13.1 Å². The predicted octanol–water partition coefficient (Wildman–Crippen LogP) is 0.990. The third kappa shape index (κ3) is 2.21. The van der Waals surface area contributed by atoms with Crippen LogP contribution in [-0.4, -0.2) is 29.9 Å². The first-order valence-electron chi connectivity index (χ1n) is 5.36. The molecular weight excluding hydrogens is 192 g/mol. The number of carbonyl (C=O) groups is 1. The van der Waals surface area contributed by atoms with Crippen LogP contribution < -0.4 is 5.32 Å². The van der Waals surface area contributed by atoms with Crippen LogP contribution in [0.1, 0.15) is 19.1 Å². The first kappa shape index (κ1) is 10.2. The highest BCUT2D eigenvalue weighted by Crippen LogP contribution is 2.15. The molecule has 0 radical (unpaired) electrons. The maximum Gasteiger partial charge on any atom is 0.240 e. The Bertz CT molecular complexity index is 321. The molecular formula is C11H16N2O2.